The highest BCUT2D eigenvalue weighted by Gasteiger charge is 2.40. The first-order chi connectivity index (χ1) is 8.95. The molecule has 2 aliphatic rings. The molecule has 0 aliphatic carbocycles. The Morgan fingerprint density at radius 1 is 1.26 bits per heavy atom. The van der Waals surface area contributed by atoms with Gasteiger partial charge in [0.05, 0.1) is 0 Å². The highest BCUT2D eigenvalue weighted by molar-refractivity contribution is 7.86. The van der Waals surface area contributed by atoms with Crippen molar-refractivity contribution in [1.82, 2.24) is 13.9 Å². The van der Waals surface area contributed by atoms with Crippen molar-refractivity contribution in [3.63, 3.8) is 0 Å². The van der Waals surface area contributed by atoms with E-state index in [4.69, 9.17) is 0 Å². The Balaban J connectivity index is 2.06. The van der Waals surface area contributed by atoms with Gasteiger partial charge in [-0.1, -0.05) is 6.92 Å². The van der Waals surface area contributed by atoms with Crippen molar-refractivity contribution in [2.24, 2.45) is 11.8 Å². The summed E-state index contributed by atoms with van der Waals surface area (Å²) in [5.41, 5.74) is 0. The van der Waals surface area contributed by atoms with Crippen LogP contribution in [-0.2, 0) is 10.2 Å². The van der Waals surface area contributed by atoms with Crippen molar-refractivity contribution in [1.29, 1.82) is 0 Å². The van der Waals surface area contributed by atoms with Crippen LogP contribution >= 0.6 is 0 Å². The van der Waals surface area contributed by atoms with Crippen LogP contribution in [0.15, 0.2) is 0 Å². The maximum Gasteiger partial charge on any atom is 0.282 e. The first kappa shape index (κ1) is 15.2. The lowest BCUT2D eigenvalue weighted by molar-refractivity contribution is 0.242. The summed E-state index contributed by atoms with van der Waals surface area (Å²) in [5.74, 6) is 0.923. The Morgan fingerprint density at radius 3 is 2.58 bits per heavy atom. The van der Waals surface area contributed by atoms with Gasteiger partial charge in [0.15, 0.2) is 0 Å². The van der Waals surface area contributed by atoms with E-state index in [2.05, 4.69) is 12.2 Å². The van der Waals surface area contributed by atoms with E-state index in [-0.39, 0.29) is 6.04 Å². The molecule has 6 heteroatoms. The predicted octanol–water partition coefficient (Wildman–Crippen LogP) is 0.893. The zero-order valence-electron chi connectivity index (χ0n) is 12.3. The number of hydrogen-bond acceptors (Lipinski definition) is 3. The molecule has 1 N–H and O–H groups in total. The van der Waals surface area contributed by atoms with E-state index >= 15 is 0 Å². The average molecular weight is 289 g/mol. The van der Waals surface area contributed by atoms with Gasteiger partial charge in [0.2, 0.25) is 0 Å². The fraction of sp³-hybridized carbons (Fsp3) is 1.00. The molecule has 0 radical (unpaired) electrons. The molecule has 112 valence electrons. The van der Waals surface area contributed by atoms with Gasteiger partial charge in [-0.25, -0.2) is 0 Å². The van der Waals surface area contributed by atoms with Gasteiger partial charge in [-0.3, -0.25) is 0 Å². The largest absolute Gasteiger partial charge is 0.319 e. The van der Waals surface area contributed by atoms with Gasteiger partial charge < -0.3 is 5.32 Å². The van der Waals surface area contributed by atoms with Crippen molar-refractivity contribution < 1.29 is 8.42 Å². The Labute approximate surface area is 117 Å². The van der Waals surface area contributed by atoms with E-state index < -0.39 is 10.2 Å². The van der Waals surface area contributed by atoms with Crippen LogP contribution < -0.4 is 5.32 Å². The van der Waals surface area contributed by atoms with E-state index in [9.17, 15) is 8.42 Å². The molecule has 19 heavy (non-hydrogen) atoms. The van der Waals surface area contributed by atoms with Crippen molar-refractivity contribution >= 4 is 10.2 Å². The predicted molar refractivity (Wildman–Crippen MR) is 77.1 cm³/mol. The van der Waals surface area contributed by atoms with Crippen LogP contribution in [-0.4, -0.2) is 56.3 Å². The smallest absolute Gasteiger partial charge is 0.282 e. The number of nitrogens with one attached hydrogen (secondary N) is 1. The van der Waals surface area contributed by atoms with Crippen molar-refractivity contribution in [2.45, 2.75) is 39.2 Å². The van der Waals surface area contributed by atoms with Crippen molar-refractivity contribution in [3.05, 3.63) is 0 Å². The summed E-state index contributed by atoms with van der Waals surface area (Å²) in [6, 6.07) is 0.143. The van der Waals surface area contributed by atoms with Gasteiger partial charge in [-0.15, -0.1) is 0 Å². The molecule has 0 aromatic rings. The summed E-state index contributed by atoms with van der Waals surface area (Å²) in [6.07, 6.45) is 3.08. The van der Waals surface area contributed by atoms with Crippen LogP contribution in [0.5, 0.6) is 0 Å². The van der Waals surface area contributed by atoms with Gasteiger partial charge >= 0.3 is 0 Å². The molecule has 0 aromatic carbocycles. The third kappa shape index (κ3) is 3.29. The second kappa shape index (κ2) is 6.08. The lowest BCUT2D eigenvalue weighted by Gasteiger charge is -2.35. The van der Waals surface area contributed by atoms with Gasteiger partial charge in [-0.2, -0.15) is 17.0 Å². The second-order valence-corrected chi connectivity index (χ2v) is 8.07. The molecule has 2 heterocycles. The minimum Gasteiger partial charge on any atom is -0.319 e. The number of rotatable bonds is 4. The molecule has 5 nitrogen and oxygen atoms in total. The quantitative estimate of drug-likeness (QED) is 0.836. The monoisotopic (exact) mass is 289 g/mol. The Bertz CT molecular complexity index is 397. The topological polar surface area (TPSA) is 52.7 Å². The van der Waals surface area contributed by atoms with Crippen LogP contribution in [0.1, 0.15) is 33.1 Å². The fourth-order valence-corrected chi connectivity index (χ4v) is 5.46. The normalized spacial score (nSPS) is 34.8. The van der Waals surface area contributed by atoms with Crippen LogP contribution in [0.3, 0.4) is 0 Å². The molecule has 0 spiro atoms. The first-order valence-corrected chi connectivity index (χ1v) is 8.76. The summed E-state index contributed by atoms with van der Waals surface area (Å²) in [4.78, 5) is 0. The third-order valence-corrected chi connectivity index (χ3v) is 6.41. The molecule has 0 saturated carbocycles. The van der Waals surface area contributed by atoms with Crippen LogP contribution in [0, 0.1) is 11.8 Å². The average Bonchev–Trinajstić information content (AvgIpc) is 2.70. The Kier molecular flexibility index (Phi) is 4.87. The van der Waals surface area contributed by atoms with Gasteiger partial charge in [0, 0.05) is 25.7 Å². The molecular formula is C13H27N3O2S. The van der Waals surface area contributed by atoms with Gasteiger partial charge in [0.1, 0.15) is 0 Å². The van der Waals surface area contributed by atoms with Crippen LogP contribution in [0.4, 0.5) is 0 Å². The molecule has 0 amide bonds. The third-order valence-electron chi connectivity index (χ3n) is 4.32. The van der Waals surface area contributed by atoms with E-state index in [0.717, 1.165) is 25.8 Å². The lowest BCUT2D eigenvalue weighted by atomic mass is 10.00. The van der Waals surface area contributed by atoms with Gasteiger partial charge in [0.25, 0.3) is 10.2 Å². The lowest BCUT2D eigenvalue weighted by Crippen LogP contribution is -2.50. The zero-order chi connectivity index (χ0) is 14.0. The van der Waals surface area contributed by atoms with Gasteiger partial charge in [-0.05, 0) is 51.6 Å². The van der Waals surface area contributed by atoms with Crippen LogP contribution in [0.2, 0.25) is 0 Å². The summed E-state index contributed by atoms with van der Waals surface area (Å²) in [6.45, 7) is 7.08. The summed E-state index contributed by atoms with van der Waals surface area (Å²) >= 11 is 0. The van der Waals surface area contributed by atoms with Crippen molar-refractivity contribution in [2.75, 3.05) is 33.2 Å². The number of nitrogens with zero attached hydrogens (tertiary/aromatic N) is 2. The molecule has 2 aliphatic heterocycles. The minimum atomic E-state index is -3.26. The second-order valence-electron chi connectivity index (χ2n) is 6.19. The fourth-order valence-electron chi connectivity index (χ4n) is 3.42. The Morgan fingerprint density at radius 2 is 2.00 bits per heavy atom. The summed E-state index contributed by atoms with van der Waals surface area (Å²) < 4.78 is 28.9. The molecule has 3 atom stereocenters. The minimum absolute atomic E-state index is 0.143. The van der Waals surface area contributed by atoms with E-state index in [0.29, 0.717) is 31.5 Å². The van der Waals surface area contributed by atoms with E-state index in [1.54, 1.807) is 8.61 Å². The molecule has 0 aromatic heterocycles. The molecular weight excluding hydrogens is 262 g/mol. The molecule has 2 rings (SSSR count). The number of piperidine rings is 1. The van der Waals surface area contributed by atoms with E-state index in [1.165, 1.54) is 0 Å². The summed E-state index contributed by atoms with van der Waals surface area (Å²) in [7, 11) is -1.33. The molecule has 0 bridgehead atoms. The van der Waals surface area contributed by atoms with Crippen molar-refractivity contribution in [3.8, 4) is 0 Å². The highest BCUT2D eigenvalue weighted by Crippen LogP contribution is 2.29. The highest BCUT2D eigenvalue weighted by atomic mass is 32.2. The summed E-state index contributed by atoms with van der Waals surface area (Å²) in [5, 5.41) is 3.16. The van der Waals surface area contributed by atoms with Crippen LogP contribution in [0.25, 0.3) is 0 Å². The maximum absolute atomic E-state index is 12.7. The molecule has 2 saturated heterocycles. The van der Waals surface area contributed by atoms with E-state index in [1.807, 2.05) is 14.0 Å². The molecule has 3 unspecified atom stereocenters. The first-order valence-electron chi connectivity index (χ1n) is 7.36. The zero-order valence-corrected chi connectivity index (χ0v) is 13.1. The maximum atomic E-state index is 12.7. The Hall–Kier alpha value is -0.170. The SMILES string of the molecule is CNCC1CCCN(S(=O)(=O)N2CC(C)CC2C)C1. The number of hydrogen-bond donors (Lipinski definition) is 1. The molecule has 2 fully saturated rings. The standard InChI is InChI=1S/C13H27N3O2S/c1-11-7-12(2)16(9-11)19(17,18)15-6-4-5-13(10-15)8-14-3/h11-14H,4-10H2,1-3H3.